The quantitative estimate of drug-likeness (QED) is 0.0409. The van der Waals surface area contributed by atoms with Crippen molar-refractivity contribution in [3.05, 3.63) is 11.6 Å². The summed E-state index contributed by atoms with van der Waals surface area (Å²) in [5.41, 5.74) is 2.31. The van der Waals surface area contributed by atoms with E-state index in [-0.39, 0.29) is 31.1 Å². The maximum absolute atomic E-state index is 12.8. The fourth-order valence-corrected chi connectivity index (χ4v) is 13.1. The average Bonchev–Trinajstić information content (AvgIpc) is 3.61. The van der Waals surface area contributed by atoms with E-state index in [1.807, 2.05) is 0 Å². The Hall–Kier alpha value is -1.35. The molecule has 0 bridgehead atoms. The number of carbonyl (C=O) groups is 1. The van der Waals surface area contributed by atoms with E-state index in [9.17, 15) is 4.79 Å². The third-order valence-corrected chi connectivity index (χ3v) is 16.3. The lowest BCUT2D eigenvalue weighted by Gasteiger charge is -2.58. The second kappa shape index (κ2) is 27.9. The minimum Gasteiger partial charge on any atom is -0.446 e. The Morgan fingerprint density at radius 1 is 0.918 bits per heavy atom. The average molecular weight is 879 g/mol. The minimum atomic E-state index is -1.35. The highest BCUT2D eigenvalue weighted by molar-refractivity contribution is 7.44. The van der Waals surface area contributed by atoms with Crippen LogP contribution in [-0.2, 0) is 32.7 Å². The second-order valence-electron chi connectivity index (χ2n) is 19.4. The van der Waals surface area contributed by atoms with Gasteiger partial charge in [-0.2, -0.15) is 5.26 Å². The Kier molecular flexibility index (Phi) is 23.1. The summed E-state index contributed by atoms with van der Waals surface area (Å²) in [5, 5.41) is 11.9. The van der Waals surface area contributed by atoms with Crippen LogP contribution in [0.15, 0.2) is 11.6 Å². The van der Waals surface area contributed by atoms with Crippen LogP contribution in [0.5, 0.6) is 0 Å². The smallest absolute Gasteiger partial charge is 0.407 e. The lowest BCUT2D eigenvalue weighted by molar-refractivity contribution is -0.0581. The van der Waals surface area contributed by atoms with Crippen LogP contribution < -0.4 is 5.32 Å². The summed E-state index contributed by atoms with van der Waals surface area (Å²) in [6.07, 6.45) is 18.7. The third-order valence-electron chi connectivity index (χ3n) is 14.5. The fourth-order valence-electron chi connectivity index (χ4n) is 11.5. The number of fused-ring (bicyclic) bond motifs is 5. The molecular weight excluding hydrogens is 790 g/mol. The van der Waals surface area contributed by atoms with Crippen molar-refractivity contribution in [3.63, 3.8) is 0 Å². The summed E-state index contributed by atoms with van der Waals surface area (Å²) in [7, 11) is -1.35. The fraction of sp³-hybridized carbons (Fsp3) is 0.918. The van der Waals surface area contributed by atoms with Crippen molar-refractivity contribution < 1.29 is 38.9 Å². The third kappa shape index (κ3) is 16.2. The summed E-state index contributed by atoms with van der Waals surface area (Å²) in [5.74, 6) is 4.98. The number of nitrogens with zero attached hydrogens (tertiary/aromatic N) is 2. The van der Waals surface area contributed by atoms with Gasteiger partial charge in [0.05, 0.1) is 71.4 Å². The van der Waals surface area contributed by atoms with Gasteiger partial charge in [0.1, 0.15) is 6.10 Å². The van der Waals surface area contributed by atoms with E-state index in [1.54, 1.807) is 5.57 Å². The molecule has 6 unspecified atom stereocenters. The van der Waals surface area contributed by atoms with Gasteiger partial charge in [-0.1, -0.05) is 79.4 Å². The monoisotopic (exact) mass is 879 g/mol. The van der Waals surface area contributed by atoms with Crippen LogP contribution in [0.3, 0.4) is 0 Å². The predicted molar refractivity (Wildman–Crippen MR) is 245 cm³/mol. The number of alkyl carbamates (subject to hydrolysis) is 1. The Balaban J connectivity index is 1.01. The standard InChI is InChI=1S/C49H88N3O8P/c1-9-26-52(27-10-2)61(58-29-12-24-50)60-40(6)37-57-35-34-56-33-32-55-31-30-54-28-13-25-51-47(53)59-42-20-22-48(7)41(36-42)16-17-43-45-19-18-44(39(5)15-11-14-38(3)4)49(45,8)23-21-46(43)48/h16,38-40,42-46H,9-15,17-23,25-37H2,1-8H3,(H,51,53)/t39-,40?,42-,43?,44?,45?,46?,48-,49+,61?/m0/s1/i6D. The van der Waals surface area contributed by atoms with Gasteiger partial charge in [-0.05, 0) is 117 Å². The molecular formula is C49H88N3O8P. The zero-order valence-corrected chi connectivity index (χ0v) is 40.5. The van der Waals surface area contributed by atoms with Crippen LogP contribution in [0.2, 0.25) is 0 Å². The minimum absolute atomic E-state index is 0.0406. The highest BCUT2D eigenvalue weighted by Gasteiger charge is 2.59. The van der Waals surface area contributed by atoms with Crippen molar-refractivity contribution in [2.24, 2.45) is 46.3 Å². The number of nitriles is 1. The van der Waals surface area contributed by atoms with Gasteiger partial charge in [0.15, 0.2) is 0 Å². The maximum Gasteiger partial charge on any atom is 0.407 e. The number of carbonyl (C=O) groups excluding carboxylic acids is 1. The molecule has 0 saturated heterocycles. The van der Waals surface area contributed by atoms with Crippen LogP contribution in [-0.4, -0.2) is 102 Å². The van der Waals surface area contributed by atoms with Gasteiger partial charge in [0.25, 0.3) is 8.53 Å². The molecule has 0 aromatic rings. The molecule has 0 aliphatic heterocycles. The van der Waals surface area contributed by atoms with Crippen LogP contribution in [0.4, 0.5) is 4.79 Å². The Labute approximate surface area is 374 Å². The Morgan fingerprint density at radius 2 is 1.62 bits per heavy atom. The molecule has 4 rings (SSSR count). The van der Waals surface area contributed by atoms with Crippen LogP contribution in [0, 0.1) is 57.7 Å². The van der Waals surface area contributed by atoms with E-state index in [2.05, 4.69) is 70.6 Å². The Bertz CT molecular complexity index is 1330. The maximum atomic E-state index is 12.8. The van der Waals surface area contributed by atoms with E-state index < -0.39 is 14.6 Å². The molecule has 0 aromatic heterocycles. The summed E-state index contributed by atoms with van der Waals surface area (Å²) < 4.78 is 50.9. The first-order valence-electron chi connectivity index (χ1n) is 25.2. The molecule has 0 spiro atoms. The topological polar surface area (TPSA) is 121 Å². The Morgan fingerprint density at radius 3 is 2.30 bits per heavy atom. The van der Waals surface area contributed by atoms with Crippen molar-refractivity contribution in [3.8, 4) is 6.07 Å². The van der Waals surface area contributed by atoms with E-state index in [1.165, 1.54) is 51.4 Å². The lowest BCUT2D eigenvalue weighted by atomic mass is 9.47. The molecule has 0 heterocycles. The SMILES string of the molecule is [2H]CC(COCCOCCOCCOCCCNC(=O)O[C@H]1CC[C@@]2(C)C(=CCC3C4CCC([C@@H](C)CCCC(C)C)[C@@]4(C)CCC32)C1)OP(OCCC#N)N(CCC)CCC. The highest BCUT2D eigenvalue weighted by Crippen LogP contribution is 2.67. The predicted octanol–water partition coefficient (Wildman–Crippen LogP) is 11.3. The van der Waals surface area contributed by atoms with Crippen molar-refractivity contribution >= 4 is 14.6 Å². The van der Waals surface area contributed by atoms with E-state index in [0.717, 1.165) is 80.7 Å². The molecule has 0 radical (unpaired) electrons. The van der Waals surface area contributed by atoms with Gasteiger partial charge in [-0.3, -0.25) is 0 Å². The normalized spacial score (nSPS) is 28.9. The summed E-state index contributed by atoms with van der Waals surface area (Å²) in [6.45, 7) is 22.8. The molecule has 4 aliphatic rings. The van der Waals surface area contributed by atoms with Gasteiger partial charge in [-0.25, -0.2) is 9.46 Å². The number of ether oxygens (including phenoxy) is 5. The summed E-state index contributed by atoms with van der Waals surface area (Å²) in [4.78, 5) is 12.8. The summed E-state index contributed by atoms with van der Waals surface area (Å²) in [6, 6.07) is 2.11. The van der Waals surface area contributed by atoms with Gasteiger partial charge in [-0.15, -0.1) is 0 Å². The number of nitrogens with one attached hydrogen (secondary N) is 1. The number of hydrogen-bond acceptors (Lipinski definition) is 10. The molecule has 1 amide bonds. The number of rotatable bonds is 31. The molecule has 3 fully saturated rings. The van der Waals surface area contributed by atoms with E-state index in [4.69, 9.17) is 39.4 Å². The van der Waals surface area contributed by atoms with Crippen molar-refractivity contribution in [1.29, 1.82) is 5.26 Å². The van der Waals surface area contributed by atoms with E-state index in [0.29, 0.717) is 77.7 Å². The first-order valence-corrected chi connectivity index (χ1v) is 25.6. The second-order valence-corrected chi connectivity index (χ2v) is 20.9. The first kappa shape index (κ1) is 50.6. The van der Waals surface area contributed by atoms with Crippen molar-refractivity contribution in [2.45, 2.75) is 164 Å². The van der Waals surface area contributed by atoms with Gasteiger partial charge in [0.2, 0.25) is 0 Å². The zero-order valence-electron chi connectivity index (χ0n) is 40.6. The molecule has 4 aliphatic carbocycles. The highest BCUT2D eigenvalue weighted by atomic mass is 31.2. The lowest BCUT2D eigenvalue weighted by Crippen LogP contribution is -2.51. The number of allylic oxidation sites excluding steroid dienone is 1. The largest absolute Gasteiger partial charge is 0.446 e. The van der Waals surface area contributed by atoms with Crippen molar-refractivity contribution in [2.75, 3.05) is 79.1 Å². The van der Waals surface area contributed by atoms with Gasteiger partial charge < -0.3 is 38.0 Å². The molecule has 12 heteroatoms. The molecule has 3 saturated carbocycles. The van der Waals surface area contributed by atoms with Crippen molar-refractivity contribution in [1.82, 2.24) is 9.99 Å². The van der Waals surface area contributed by atoms with Crippen LogP contribution in [0.25, 0.3) is 0 Å². The molecule has 61 heavy (non-hydrogen) atoms. The zero-order chi connectivity index (χ0) is 44.8. The molecule has 352 valence electrons. The van der Waals surface area contributed by atoms with Gasteiger partial charge in [0, 0.05) is 34.0 Å². The molecule has 10 atom stereocenters. The number of amides is 1. The number of hydrogen-bond donors (Lipinski definition) is 1. The molecule has 11 nitrogen and oxygen atoms in total. The van der Waals surface area contributed by atoms with Gasteiger partial charge >= 0.3 is 6.09 Å². The van der Waals surface area contributed by atoms with Crippen LogP contribution in [0.1, 0.15) is 153 Å². The molecule has 0 aromatic carbocycles. The van der Waals surface area contributed by atoms with Crippen LogP contribution >= 0.6 is 8.53 Å². The summed E-state index contributed by atoms with van der Waals surface area (Å²) >= 11 is 0. The van der Waals surface area contributed by atoms with E-state index >= 15 is 0 Å². The first-order chi connectivity index (χ1) is 30.0. The molecule has 1 N–H and O–H groups in total.